The zero-order valence-electron chi connectivity index (χ0n) is 30.6. The lowest BCUT2D eigenvalue weighted by Gasteiger charge is -2.18. The zero-order chi connectivity index (χ0) is 38.0. The fourth-order valence-corrected chi connectivity index (χ4v) is 7.68. The number of allylic oxidation sites excluding steroid dienone is 2. The van der Waals surface area contributed by atoms with E-state index in [0.29, 0.717) is 5.70 Å². The summed E-state index contributed by atoms with van der Waals surface area (Å²) in [7, 11) is 0. The molecule has 0 fully saturated rings. The number of hydrogen-bond donors (Lipinski definition) is 0. The Bertz CT molecular complexity index is 3040. The second-order valence-electron chi connectivity index (χ2n) is 13.5. The first-order valence-electron chi connectivity index (χ1n) is 18.4. The van der Waals surface area contributed by atoms with Gasteiger partial charge in [0.15, 0.2) is 0 Å². The lowest BCUT2D eigenvalue weighted by atomic mass is 9.86. The molecule has 0 aliphatic carbocycles. The first-order valence-corrected chi connectivity index (χ1v) is 18.4. The van der Waals surface area contributed by atoms with Gasteiger partial charge in [-0.1, -0.05) is 123 Å². The number of aliphatic imine (C=N–C) groups is 1. The van der Waals surface area contributed by atoms with Gasteiger partial charge in [-0.15, -0.1) is 0 Å². The fourth-order valence-electron chi connectivity index (χ4n) is 7.68. The Morgan fingerprint density at radius 1 is 0.500 bits per heavy atom. The van der Waals surface area contributed by atoms with Crippen molar-refractivity contribution in [2.75, 3.05) is 0 Å². The molecule has 0 spiro atoms. The largest absolute Gasteiger partial charge is 0.261 e. The molecule has 56 heavy (non-hydrogen) atoms. The van der Waals surface area contributed by atoms with Crippen molar-refractivity contribution in [1.29, 1.82) is 0 Å². The number of para-hydroxylation sites is 2. The second kappa shape index (κ2) is 14.7. The van der Waals surface area contributed by atoms with Gasteiger partial charge in [0.1, 0.15) is 0 Å². The third-order valence-corrected chi connectivity index (χ3v) is 10.2. The smallest absolute Gasteiger partial charge is 0.0891 e. The number of nitrogens with zero attached hydrogens (tertiary/aromatic N) is 5. The Hall–Kier alpha value is -7.63. The van der Waals surface area contributed by atoms with Crippen LogP contribution in [0.1, 0.15) is 0 Å². The zero-order valence-corrected chi connectivity index (χ0v) is 30.6. The Balaban J connectivity index is 0.000000465. The molecule has 0 radical (unpaired) electrons. The molecule has 0 aliphatic rings. The van der Waals surface area contributed by atoms with Crippen molar-refractivity contribution in [3.05, 3.63) is 196 Å². The SMILES string of the molecule is C=CC=NC(=C)C=C.c1cnc2c(-c3cc(-c4ccc5ccc6c(-c7cnccn7)ccc7ccc4c5c76)cc(-c4cccc5cccnc45)c3)cccc2c1. The van der Waals surface area contributed by atoms with Crippen molar-refractivity contribution in [3.63, 3.8) is 0 Å². The molecule has 0 N–H and O–H groups in total. The number of pyridine rings is 2. The molecule has 0 bridgehead atoms. The van der Waals surface area contributed by atoms with Gasteiger partial charge in [0.2, 0.25) is 0 Å². The lowest BCUT2D eigenvalue weighted by Crippen LogP contribution is -1.92. The molecule has 7 aromatic carbocycles. The van der Waals surface area contributed by atoms with Gasteiger partial charge in [-0.3, -0.25) is 24.9 Å². The summed E-state index contributed by atoms with van der Waals surface area (Å²) in [5, 5.41) is 9.59. The summed E-state index contributed by atoms with van der Waals surface area (Å²) in [4.78, 5) is 22.5. The molecule has 0 saturated carbocycles. The molecule has 0 unspecified atom stereocenters. The second-order valence-corrected chi connectivity index (χ2v) is 13.5. The Morgan fingerprint density at radius 3 is 1.59 bits per heavy atom. The summed E-state index contributed by atoms with van der Waals surface area (Å²) in [5.41, 5.74) is 11.4. The van der Waals surface area contributed by atoms with Crippen molar-refractivity contribution < 1.29 is 0 Å². The first kappa shape index (κ1) is 34.2. The molecule has 264 valence electrons. The van der Waals surface area contributed by atoms with Crippen LogP contribution in [0.5, 0.6) is 0 Å². The Kier molecular flexibility index (Phi) is 8.94. The maximum atomic E-state index is 4.83. The number of aromatic nitrogens is 4. The molecule has 0 saturated heterocycles. The van der Waals surface area contributed by atoms with Gasteiger partial charge < -0.3 is 0 Å². The Morgan fingerprint density at radius 2 is 1.04 bits per heavy atom. The first-order chi connectivity index (χ1) is 27.6. The topological polar surface area (TPSA) is 63.9 Å². The highest BCUT2D eigenvalue weighted by atomic mass is 14.8. The molecule has 3 heterocycles. The van der Waals surface area contributed by atoms with Crippen LogP contribution in [0.15, 0.2) is 201 Å². The van der Waals surface area contributed by atoms with Gasteiger partial charge in [-0.2, -0.15) is 0 Å². The van der Waals surface area contributed by atoms with Crippen LogP contribution in [-0.4, -0.2) is 26.2 Å². The van der Waals surface area contributed by atoms with E-state index in [1.165, 1.54) is 37.9 Å². The van der Waals surface area contributed by atoms with Crippen LogP contribution >= 0.6 is 0 Å². The predicted octanol–water partition coefficient (Wildman–Crippen LogP) is 13.1. The highest BCUT2D eigenvalue weighted by Crippen LogP contribution is 2.44. The monoisotopic (exact) mass is 717 g/mol. The quantitative estimate of drug-likeness (QED) is 0.0935. The normalized spacial score (nSPS) is 11.4. The average Bonchev–Trinajstić information content (AvgIpc) is 3.27. The molecule has 3 aromatic heterocycles. The van der Waals surface area contributed by atoms with E-state index in [2.05, 4.69) is 150 Å². The van der Waals surface area contributed by atoms with Crippen LogP contribution in [0.3, 0.4) is 0 Å². The maximum absolute atomic E-state index is 4.83. The van der Waals surface area contributed by atoms with E-state index in [9.17, 15) is 0 Å². The lowest BCUT2D eigenvalue weighted by molar-refractivity contribution is 1.21. The van der Waals surface area contributed by atoms with E-state index in [0.717, 1.165) is 60.9 Å². The molecule has 10 aromatic rings. The highest BCUT2D eigenvalue weighted by molar-refractivity contribution is 6.27. The maximum Gasteiger partial charge on any atom is 0.0891 e. The summed E-state index contributed by atoms with van der Waals surface area (Å²) in [6.45, 7) is 10.5. The molecule has 0 aliphatic heterocycles. The van der Waals surface area contributed by atoms with Crippen molar-refractivity contribution in [2.45, 2.75) is 0 Å². The van der Waals surface area contributed by atoms with E-state index in [4.69, 9.17) is 9.97 Å². The number of fused-ring (bicyclic) bond motifs is 2. The fraction of sp³-hybridized carbons (Fsp3) is 0. The summed E-state index contributed by atoms with van der Waals surface area (Å²) >= 11 is 0. The van der Waals surface area contributed by atoms with Crippen LogP contribution < -0.4 is 0 Å². The molecule has 0 atom stereocenters. The Labute approximate surface area is 324 Å². The van der Waals surface area contributed by atoms with Gasteiger partial charge in [-0.25, -0.2) is 0 Å². The summed E-state index contributed by atoms with van der Waals surface area (Å²) in [6.07, 6.45) is 13.8. The van der Waals surface area contributed by atoms with E-state index in [1.807, 2.05) is 30.7 Å². The molecule has 5 nitrogen and oxygen atoms in total. The van der Waals surface area contributed by atoms with Crippen LogP contribution in [-0.2, 0) is 0 Å². The number of benzene rings is 7. The van der Waals surface area contributed by atoms with Gasteiger partial charge in [0.25, 0.3) is 0 Å². The molecule has 0 amide bonds. The van der Waals surface area contributed by atoms with Crippen LogP contribution in [0, 0.1) is 0 Å². The standard InChI is InChI=1S/C44H26N4.C7H9N/c1-5-29-7-3-19-47-43(29)35(9-1)32-23-31(24-33(25-32)36-10-2-6-30-8-4-20-48-44(30)36)34-15-11-27-14-18-39-37(40-26-45-21-22-46-40)16-12-28-13-17-38(34)41(27)42(28)39;1-4-6-8-7(3)5-2/h1-26H;4-6H,1-3H2. The minimum absolute atomic E-state index is 0.657. The average molecular weight is 718 g/mol. The minimum Gasteiger partial charge on any atom is -0.261 e. The van der Waals surface area contributed by atoms with Gasteiger partial charge >= 0.3 is 0 Å². The van der Waals surface area contributed by atoms with Crippen molar-refractivity contribution in [3.8, 4) is 44.6 Å². The molecular formula is C51H35N5. The van der Waals surface area contributed by atoms with Crippen LogP contribution in [0.25, 0.3) is 98.8 Å². The van der Waals surface area contributed by atoms with Crippen LogP contribution in [0.2, 0.25) is 0 Å². The molecular weight excluding hydrogens is 683 g/mol. The molecule has 5 heteroatoms. The highest BCUT2D eigenvalue weighted by Gasteiger charge is 2.18. The van der Waals surface area contributed by atoms with Crippen molar-refractivity contribution >= 4 is 60.3 Å². The predicted molar refractivity (Wildman–Crippen MR) is 236 cm³/mol. The van der Waals surface area contributed by atoms with Crippen molar-refractivity contribution in [2.24, 2.45) is 4.99 Å². The summed E-state index contributed by atoms with van der Waals surface area (Å²) in [5.74, 6) is 0. The van der Waals surface area contributed by atoms with Gasteiger partial charge in [-0.05, 0) is 91.0 Å². The van der Waals surface area contributed by atoms with E-state index >= 15 is 0 Å². The third-order valence-electron chi connectivity index (χ3n) is 10.2. The summed E-state index contributed by atoms with van der Waals surface area (Å²) < 4.78 is 0. The third kappa shape index (κ3) is 6.17. The van der Waals surface area contributed by atoms with Crippen LogP contribution in [0.4, 0.5) is 0 Å². The van der Waals surface area contributed by atoms with E-state index < -0.39 is 0 Å². The number of hydrogen-bond acceptors (Lipinski definition) is 5. The van der Waals surface area contributed by atoms with Crippen molar-refractivity contribution in [1.82, 2.24) is 19.9 Å². The van der Waals surface area contributed by atoms with E-state index in [1.54, 1.807) is 30.8 Å². The van der Waals surface area contributed by atoms with Gasteiger partial charge in [0, 0.05) is 58.5 Å². The summed E-state index contributed by atoms with van der Waals surface area (Å²) in [6, 6.07) is 45.9. The van der Waals surface area contributed by atoms with Gasteiger partial charge in [0.05, 0.1) is 28.6 Å². The number of rotatable bonds is 7. The molecule has 10 rings (SSSR count). The minimum atomic E-state index is 0.657. The van der Waals surface area contributed by atoms with E-state index in [-0.39, 0.29) is 0 Å².